The molecule has 3 fully saturated rings. The van der Waals surface area contributed by atoms with Gasteiger partial charge in [-0.15, -0.1) is 0 Å². The first-order valence-electron chi connectivity index (χ1n) is 9.47. The van der Waals surface area contributed by atoms with Gasteiger partial charge in [0.2, 0.25) is 0 Å². The molecule has 0 amide bonds. The van der Waals surface area contributed by atoms with E-state index in [1.165, 1.54) is 77.7 Å². The van der Waals surface area contributed by atoms with E-state index in [0.717, 1.165) is 24.0 Å². The van der Waals surface area contributed by atoms with Gasteiger partial charge in [-0.25, -0.2) is 0 Å². The molecule has 3 nitrogen and oxygen atoms in total. The molecule has 0 radical (unpaired) electrons. The highest BCUT2D eigenvalue weighted by atomic mass is 15.2. The smallest absolute Gasteiger partial charge is 0.0114 e. The Kier molecular flexibility index (Phi) is 5.58. The van der Waals surface area contributed by atoms with Gasteiger partial charge in [-0.2, -0.15) is 0 Å². The number of rotatable bonds is 7. The highest BCUT2D eigenvalue weighted by Crippen LogP contribution is 2.36. The molecule has 3 saturated heterocycles. The number of fused-ring (bicyclic) bond motifs is 2. The molecular formula is C18H35N3. The fourth-order valence-corrected chi connectivity index (χ4v) is 4.91. The summed E-state index contributed by atoms with van der Waals surface area (Å²) in [6, 6.07) is 2.55. The van der Waals surface area contributed by atoms with Crippen LogP contribution in [0.3, 0.4) is 0 Å². The van der Waals surface area contributed by atoms with Crippen molar-refractivity contribution in [2.75, 3.05) is 32.7 Å². The number of piperidine rings is 1. The third-order valence-electron chi connectivity index (χ3n) is 5.86. The molecule has 3 atom stereocenters. The summed E-state index contributed by atoms with van der Waals surface area (Å²) in [5, 5.41) is 3.77. The van der Waals surface area contributed by atoms with E-state index in [9.17, 15) is 0 Å². The molecule has 0 spiro atoms. The van der Waals surface area contributed by atoms with Gasteiger partial charge in [0.15, 0.2) is 0 Å². The van der Waals surface area contributed by atoms with Crippen LogP contribution in [0.5, 0.6) is 0 Å². The highest BCUT2D eigenvalue weighted by Gasteiger charge is 2.40. The molecule has 0 aromatic heterocycles. The van der Waals surface area contributed by atoms with Crippen LogP contribution in [0.15, 0.2) is 0 Å². The first kappa shape index (κ1) is 15.8. The molecule has 1 N–H and O–H groups in total. The number of nitrogens with one attached hydrogen (secondary N) is 1. The minimum absolute atomic E-state index is 0.799. The average Bonchev–Trinajstić information content (AvgIpc) is 3.03. The number of likely N-dealkylation sites (tertiary alicyclic amines) is 1. The van der Waals surface area contributed by atoms with E-state index in [0.29, 0.717) is 0 Å². The van der Waals surface area contributed by atoms with Gasteiger partial charge in [0, 0.05) is 31.2 Å². The van der Waals surface area contributed by atoms with Gasteiger partial charge in [0.1, 0.15) is 0 Å². The lowest BCUT2D eigenvalue weighted by molar-refractivity contribution is 0.0925. The third kappa shape index (κ3) is 4.00. The Balaban J connectivity index is 1.46. The van der Waals surface area contributed by atoms with Crippen molar-refractivity contribution in [3.8, 4) is 0 Å². The maximum atomic E-state index is 3.77. The Morgan fingerprint density at radius 3 is 2.33 bits per heavy atom. The summed E-state index contributed by atoms with van der Waals surface area (Å²) in [6.45, 7) is 11.3. The summed E-state index contributed by atoms with van der Waals surface area (Å²) in [4.78, 5) is 5.56. The van der Waals surface area contributed by atoms with Crippen LogP contribution in [0.25, 0.3) is 0 Å². The van der Waals surface area contributed by atoms with Crippen molar-refractivity contribution in [1.29, 1.82) is 0 Å². The van der Waals surface area contributed by atoms with Gasteiger partial charge < -0.3 is 10.2 Å². The molecule has 3 heterocycles. The number of hydrogen-bond acceptors (Lipinski definition) is 3. The summed E-state index contributed by atoms with van der Waals surface area (Å²) in [7, 11) is 0. The van der Waals surface area contributed by atoms with E-state index in [-0.39, 0.29) is 0 Å². The van der Waals surface area contributed by atoms with Gasteiger partial charge in [-0.3, -0.25) is 4.90 Å². The zero-order valence-electron chi connectivity index (χ0n) is 14.2. The fraction of sp³-hybridized carbons (Fsp3) is 1.00. The Labute approximate surface area is 131 Å². The SMILES string of the molecule is CCCNC1CC2CCC(C1)N2CC(C)CN1CCCC1. The molecule has 0 saturated carbocycles. The van der Waals surface area contributed by atoms with Crippen LogP contribution >= 0.6 is 0 Å². The lowest BCUT2D eigenvalue weighted by Gasteiger charge is -2.41. The molecule has 0 aliphatic carbocycles. The first-order valence-corrected chi connectivity index (χ1v) is 9.47. The van der Waals surface area contributed by atoms with E-state index in [1.807, 2.05) is 0 Å². The zero-order chi connectivity index (χ0) is 14.7. The second-order valence-corrected chi connectivity index (χ2v) is 7.82. The highest BCUT2D eigenvalue weighted by molar-refractivity contribution is 4.98. The van der Waals surface area contributed by atoms with Crippen molar-refractivity contribution in [2.45, 2.75) is 76.9 Å². The molecule has 21 heavy (non-hydrogen) atoms. The summed E-state index contributed by atoms with van der Waals surface area (Å²) in [5.74, 6) is 0.839. The van der Waals surface area contributed by atoms with Gasteiger partial charge in [0.25, 0.3) is 0 Å². The Morgan fingerprint density at radius 2 is 1.71 bits per heavy atom. The van der Waals surface area contributed by atoms with Crippen molar-refractivity contribution in [2.24, 2.45) is 5.92 Å². The van der Waals surface area contributed by atoms with Crippen LogP contribution in [0, 0.1) is 5.92 Å². The van der Waals surface area contributed by atoms with Crippen molar-refractivity contribution in [1.82, 2.24) is 15.1 Å². The molecule has 3 unspecified atom stereocenters. The summed E-state index contributed by atoms with van der Waals surface area (Å²) in [5.41, 5.74) is 0. The number of nitrogens with zero attached hydrogens (tertiary/aromatic N) is 2. The van der Waals surface area contributed by atoms with Crippen molar-refractivity contribution >= 4 is 0 Å². The zero-order valence-corrected chi connectivity index (χ0v) is 14.2. The van der Waals surface area contributed by atoms with Crippen LogP contribution in [0.2, 0.25) is 0 Å². The van der Waals surface area contributed by atoms with Gasteiger partial charge in [0.05, 0.1) is 0 Å². The molecule has 3 aliphatic rings. The second-order valence-electron chi connectivity index (χ2n) is 7.82. The molecule has 3 aliphatic heterocycles. The topological polar surface area (TPSA) is 18.5 Å². The molecule has 2 bridgehead atoms. The van der Waals surface area contributed by atoms with Crippen LogP contribution in [-0.2, 0) is 0 Å². The van der Waals surface area contributed by atoms with Crippen LogP contribution < -0.4 is 5.32 Å². The average molecular weight is 293 g/mol. The van der Waals surface area contributed by atoms with E-state index in [4.69, 9.17) is 0 Å². The number of hydrogen-bond donors (Lipinski definition) is 1. The van der Waals surface area contributed by atoms with Crippen molar-refractivity contribution in [3.05, 3.63) is 0 Å². The molecule has 3 rings (SSSR count). The molecule has 0 aromatic carbocycles. The first-order chi connectivity index (χ1) is 10.3. The normalized spacial score (nSPS) is 35.4. The predicted octanol–water partition coefficient (Wildman–Crippen LogP) is 2.71. The summed E-state index contributed by atoms with van der Waals surface area (Å²) in [6.07, 6.45) is 9.80. The minimum Gasteiger partial charge on any atom is -0.314 e. The lowest BCUT2D eigenvalue weighted by atomic mass is 9.95. The van der Waals surface area contributed by atoms with E-state index < -0.39 is 0 Å². The van der Waals surface area contributed by atoms with Crippen molar-refractivity contribution in [3.63, 3.8) is 0 Å². The summed E-state index contributed by atoms with van der Waals surface area (Å²) >= 11 is 0. The van der Waals surface area contributed by atoms with E-state index in [2.05, 4.69) is 29.0 Å². The largest absolute Gasteiger partial charge is 0.314 e. The molecular weight excluding hydrogens is 258 g/mol. The van der Waals surface area contributed by atoms with Crippen molar-refractivity contribution < 1.29 is 0 Å². The molecule has 122 valence electrons. The monoisotopic (exact) mass is 293 g/mol. The van der Waals surface area contributed by atoms with E-state index in [1.54, 1.807) is 0 Å². The molecule has 0 aromatic rings. The maximum absolute atomic E-state index is 3.77. The fourth-order valence-electron chi connectivity index (χ4n) is 4.91. The van der Waals surface area contributed by atoms with Crippen LogP contribution in [-0.4, -0.2) is 60.6 Å². The van der Waals surface area contributed by atoms with E-state index >= 15 is 0 Å². The van der Waals surface area contributed by atoms with Crippen LogP contribution in [0.1, 0.15) is 58.8 Å². The van der Waals surface area contributed by atoms with Gasteiger partial charge in [-0.05, 0) is 70.5 Å². The minimum atomic E-state index is 0.799. The Hall–Kier alpha value is -0.120. The standard InChI is InChI=1S/C18H35N3/c1-3-8-19-16-11-17-6-7-18(12-16)21(17)14-15(2)13-20-9-4-5-10-20/h15-19H,3-14H2,1-2H3. The second kappa shape index (κ2) is 7.43. The Morgan fingerprint density at radius 1 is 1.05 bits per heavy atom. The third-order valence-corrected chi connectivity index (χ3v) is 5.86. The summed E-state index contributed by atoms with van der Waals surface area (Å²) < 4.78 is 0. The maximum Gasteiger partial charge on any atom is 0.0114 e. The van der Waals surface area contributed by atoms with Crippen LogP contribution in [0.4, 0.5) is 0 Å². The van der Waals surface area contributed by atoms with Gasteiger partial charge in [-0.1, -0.05) is 13.8 Å². The van der Waals surface area contributed by atoms with Gasteiger partial charge >= 0.3 is 0 Å². The quantitative estimate of drug-likeness (QED) is 0.778. The Bertz CT molecular complexity index is 300. The predicted molar refractivity (Wildman–Crippen MR) is 89.7 cm³/mol. The lowest BCUT2D eigenvalue weighted by Crippen LogP contribution is -2.51. The molecule has 3 heteroatoms.